The highest BCUT2D eigenvalue weighted by atomic mass is 19.1. The van der Waals surface area contributed by atoms with Gasteiger partial charge in [-0.25, -0.2) is 9.18 Å². The number of β-amino-alcohol motifs (C(OH)–C–C–N with tert-alkyl or cyclic N) is 1. The van der Waals surface area contributed by atoms with Crippen LogP contribution in [0.25, 0.3) is 5.57 Å². The summed E-state index contributed by atoms with van der Waals surface area (Å²) >= 11 is 0. The molecule has 1 aliphatic heterocycles. The highest BCUT2D eigenvalue weighted by molar-refractivity contribution is 5.90. The SMILES string of the molecule is CC/C(=C\C(=O)O)c1cc(C)ccc1[C@@H](C)OC[C@@H](O)CN1CCC[C@H]1Cc1ccc(C)c(F)c1. The summed E-state index contributed by atoms with van der Waals surface area (Å²) in [6, 6.07) is 11.7. The van der Waals surface area contributed by atoms with E-state index in [4.69, 9.17) is 4.74 Å². The first-order valence-corrected chi connectivity index (χ1v) is 12.5. The number of hydrogen-bond donors (Lipinski definition) is 2. The van der Waals surface area contributed by atoms with Gasteiger partial charge in [-0.2, -0.15) is 0 Å². The van der Waals surface area contributed by atoms with Gasteiger partial charge in [0.05, 0.1) is 18.8 Å². The molecule has 190 valence electrons. The van der Waals surface area contributed by atoms with Crippen LogP contribution in [0, 0.1) is 19.7 Å². The van der Waals surface area contributed by atoms with Crippen molar-refractivity contribution in [3.05, 3.63) is 76.1 Å². The monoisotopic (exact) mass is 483 g/mol. The molecule has 0 radical (unpaired) electrons. The largest absolute Gasteiger partial charge is 0.478 e. The Morgan fingerprint density at radius 3 is 2.71 bits per heavy atom. The summed E-state index contributed by atoms with van der Waals surface area (Å²) in [5.74, 6) is -1.14. The number of aliphatic hydroxyl groups is 1. The van der Waals surface area contributed by atoms with E-state index in [0.717, 1.165) is 53.6 Å². The van der Waals surface area contributed by atoms with Gasteiger partial charge < -0.3 is 14.9 Å². The van der Waals surface area contributed by atoms with Crippen LogP contribution >= 0.6 is 0 Å². The lowest BCUT2D eigenvalue weighted by Gasteiger charge is -2.28. The standard InChI is InChI=1S/C29H38FNO4/c1-5-23(16-29(33)34)27-13-19(2)8-11-26(27)21(4)35-18-25(32)17-31-12-6-7-24(31)14-22-10-9-20(3)28(30)15-22/h8-11,13,15-16,21,24-25,32H,5-7,12,14,17-18H2,1-4H3,(H,33,34)/b23-16+/t21-,24+,25+/m1/s1. The predicted octanol–water partition coefficient (Wildman–Crippen LogP) is 5.47. The van der Waals surface area contributed by atoms with Crippen LogP contribution in [-0.2, 0) is 16.0 Å². The molecule has 1 saturated heterocycles. The molecule has 1 aliphatic rings. The van der Waals surface area contributed by atoms with Gasteiger partial charge >= 0.3 is 5.97 Å². The number of aryl methyl sites for hydroxylation is 2. The van der Waals surface area contributed by atoms with Crippen LogP contribution in [0.3, 0.4) is 0 Å². The Morgan fingerprint density at radius 2 is 2.03 bits per heavy atom. The van der Waals surface area contributed by atoms with Crippen LogP contribution in [0.1, 0.15) is 67.0 Å². The van der Waals surface area contributed by atoms with Gasteiger partial charge in [-0.15, -0.1) is 0 Å². The second kappa shape index (κ2) is 12.4. The van der Waals surface area contributed by atoms with Gasteiger partial charge in [0, 0.05) is 18.7 Å². The van der Waals surface area contributed by atoms with Crippen LogP contribution in [0.5, 0.6) is 0 Å². The Balaban J connectivity index is 1.61. The molecule has 2 aromatic carbocycles. The van der Waals surface area contributed by atoms with Crippen LogP contribution in [0.15, 0.2) is 42.5 Å². The van der Waals surface area contributed by atoms with Crippen LogP contribution in [0.4, 0.5) is 4.39 Å². The van der Waals surface area contributed by atoms with Gasteiger partial charge in [0.2, 0.25) is 0 Å². The van der Waals surface area contributed by atoms with Crippen LogP contribution in [-0.4, -0.2) is 52.9 Å². The van der Waals surface area contributed by atoms with Crippen molar-refractivity contribution in [2.45, 2.75) is 71.6 Å². The topological polar surface area (TPSA) is 70.0 Å². The fourth-order valence-electron chi connectivity index (χ4n) is 4.89. The first-order valence-electron chi connectivity index (χ1n) is 12.5. The third kappa shape index (κ3) is 7.47. The summed E-state index contributed by atoms with van der Waals surface area (Å²) in [4.78, 5) is 13.6. The van der Waals surface area contributed by atoms with E-state index in [1.165, 1.54) is 6.08 Å². The summed E-state index contributed by atoms with van der Waals surface area (Å²) in [6.07, 6.45) is 3.76. The maximum absolute atomic E-state index is 14.0. The van der Waals surface area contributed by atoms with E-state index in [0.29, 0.717) is 18.5 Å². The summed E-state index contributed by atoms with van der Waals surface area (Å²) in [5, 5.41) is 20.0. The molecule has 5 nitrogen and oxygen atoms in total. The number of likely N-dealkylation sites (tertiary alicyclic amines) is 1. The molecule has 0 aliphatic carbocycles. The van der Waals surface area contributed by atoms with E-state index in [-0.39, 0.29) is 24.6 Å². The molecule has 1 fully saturated rings. The zero-order valence-electron chi connectivity index (χ0n) is 21.3. The number of carbonyl (C=O) groups is 1. The van der Waals surface area contributed by atoms with Crippen molar-refractivity contribution < 1.29 is 24.1 Å². The predicted molar refractivity (Wildman–Crippen MR) is 137 cm³/mol. The molecular formula is C29H38FNO4. The zero-order valence-corrected chi connectivity index (χ0v) is 21.3. The average molecular weight is 484 g/mol. The first-order chi connectivity index (χ1) is 16.7. The zero-order chi connectivity index (χ0) is 25.5. The molecule has 0 unspecified atom stereocenters. The lowest BCUT2D eigenvalue weighted by atomic mass is 9.93. The van der Waals surface area contributed by atoms with Crippen LogP contribution < -0.4 is 0 Å². The van der Waals surface area contributed by atoms with Gasteiger partial charge in [-0.3, -0.25) is 4.90 Å². The van der Waals surface area contributed by atoms with E-state index in [1.54, 1.807) is 13.0 Å². The third-order valence-electron chi connectivity index (χ3n) is 6.86. The first kappa shape index (κ1) is 27.1. The Bertz CT molecular complexity index is 1050. The number of ether oxygens (including phenoxy) is 1. The summed E-state index contributed by atoms with van der Waals surface area (Å²) in [6.45, 7) is 9.21. The Labute approximate surface area is 208 Å². The van der Waals surface area contributed by atoms with Gasteiger partial charge in [0.15, 0.2) is 0 Å². The summed E-state index contributed by atoms with van der Waals surface area (Å²) in [7, 11) is 0. The molecule has 2 N–H and O–H groups in total. The van der Waals surface area contributed by atoms with Crippen molar-refractivity contribution in [2.24, 2.45) is 0 Å². The number of carboxylic acids is 1. The fraction of sp³-hybridized carbons (Fsp3) is 0.483. The molecule has 0 amide bonds. The number of nitrogens with zero attached hydrogens (tertiary/aromatic N) is 1. The molecule has 35 heavy (non-hydrogen) atoms. The highest BCUT2D eigenvalue weighted by Gasteiger charge is 2.27. The number of benzene rings is 2. The molecule has 3 atom stereocenters. The van der Waals surface area contributed by atoms with E-state index in [1.807, 2.05) is 51.1 Å². The normalized spacial score (nSPS) is 18.6. The summed E-state index contributed by atoms with van der Waals surface area (Å²) in [5.41, 5.74) is 5.23. The van der Waals surface area contributed by atoms with Crippen molar-refractivity contribution in [1.82, 2.24) is 4.90 Å². The molecule has 0 aromatic heterocycles. The highest BCUT2D eigenvalue weighted by Crippen LogP contribution is 2.30. The van der Waals surface area contributed by atoms with Crippen molar-refractivity contribution in [2.75, 3.05) is 19.7 Å². The summed E-state index contributed by atoms with van der Waals surface area (Å²) < 4.78 is 20.0. The number of carboxylic acid groups (broad SMARTS) is 1. The Morgan fingerprint density at radius 1 is 1.26 bits per heavy atom. The molecule has 3 rings (SSSR count). The van der Waals surface area contributed by atoms with E-state index in [2.05, 4.69) is 4.90 Å². The number of aliphatic carboxylic acids is 1. The van der Waals surface area contributed by atoms with Crippen molar-refractivity contribution >= 4 is 11.5 Å². The molecule has 6 heteroatoms. The van der Waals surface area contributed by atoms with E-state index >= 15 is 0 Å². The number of hydrogen-bond acceptors (Lipinski definition) is 4. The lowest BCUT2D eigenvalue weighted by molar-refractivity contribution is -0.131. The van der Waals surface area contributed by atoms with E-state index < -0.39 is 12.1 Å². The van der Waals surface area contributed by atoms with Crippen molar-refractivity contribution in [3.63, 3.8) is 0 Å². The molecule has 0 spiro atoms. The maximum atomic E-state index is 14.0. The maximum Gasteiger partial charge on any atom is 0.328 e. The minimum absolute atomic E-state index is 0.172. The number of rotatable bonds is 11. The smallest absolute Gasteiger partial charge is 0.328 e. The van der Waals surface area contributed by atoms with Gasteiger partial charge in [0.1, 0.15) is 5.82 Å². The average Bonchev–Trinajstić information content (AvgIpc) is 3.24. The fourth-order valence-corrected chi connectivity index (χ4v) is 4.89. The number of aliphatic hydroxyl groups excluding tert-OH is 1. The second-order valence-electron chi connectivity index (χ2n) is 9.66. The molecule has 0 bridgehead atoms. The molecule has 1 heterocycles. The molecule has 0 saturated carbocycles. The number of allylic oxidation sites excluding steroid dienone is 1. The van der Waals surface area contributed by atoms with Gasteiger partial charge in [-0.1, -0.05) is 42.8 Å². The number of halogens is 1. The second-order valence-corrected chi connectivity index (χ2v) is 9.66. The minimum Gasteiger partial charge on any atom is -0.478 e. The Hall–Kier alpha value is -2.54. The third-order valence-corrected chi connectivity index (χ3v) is 6.86. The van der Waals surface area contributed by atoms with Gasteiger partial charge in [0.25, 0.3) is 0 Å². The molecule has 2 aromatic rings. The van der Waals surface area contributed by atoms with Crippen LogP contribution in [0.2, 0.25) is 0 Å². The molecular weight excluding hydrogens is 445 g/mol. The van der Waals surface area contributed by atoms with E-state index in [9.17, 15) is 19.4 Å². The van der Waals surface area contributed by atoms with Crippen molar-refractivity contribution in [3.8, 4) is 0 Å². The quantitative estimate of drug-likeness (QED) is 0.415. The van der Waals surface area contributed by atoms with Gasteiger partial charge in [-0.05, 0) is 86.9 Å². The minimum atomic E-state index is -0.966. The Kier molecular flexibility index (Phi) is 9.61. The lowest BCUT2D eigenvalue weighted by Crippen LogP contribution is -2.39. The van der Waals surface area contributed by atoms with Crippen molar-refractivity contribution in [1.29, 1.82) is 0 Å².